The van der Waals surface area contributed by atoms with Gasteiger partial charge in [-0.1, -0.05) is 12.1 Å². The molecule has 1 fully saturated rings. The Bertz CT molecular complexity index is 314. The van der Waals surface area contributed by atoms with Crippen LogP contribution in [-0.2, 0) is 0 Å². The molecule has 0 radical (unpaired) electrons. The van der Waals surface area contributed by atoms with Crippen molar-refractivity contribution in [1.29, 1.82) is 0 Å². The number of hydrogen-bond donors (Lipinski definition) is 1. The second-order valence-corrected chi connectivity index (χ2v) is 4.27. The largest absolute Gasteiger partial charge is 0.372 e. The van der Waals surface area contributed by atoms with Gasteiger partial charge in [-0.25, -0.2) is 0 Å². The molecule has 2 atom stereocenters. The summed E-state index contributed by atoms with van der Waals surface area (Å²) < 4.78 is 0. The second-order valence-electron chi connectivity index (χ2n) is 4.27. The van der Waals surface area contributed by atoms with Crippen molar-refractivity contribution >= 4 is 5.69 Å². The second kappa shape index (κ2) is 4.23. The number of nitrogens with zero attached hydrogens (tertiary/aromatic N) is 1. The van der Waals surface area contributed by atoms with E-state index in [0.29, 0.717) is 12.0 Å². The summed E-state index contributed by atoms with van der Waals surface area (Å²) in [7, 11) is 0. The average molecular weight is 204 g/mol. The van der Waals surface area contributed by atoms with Crippen LogP contribution in [0.2, 0.25) is 0 Å². The van der Waals surface area contributed by atoms with Crippen molar-refractivity contribution < 1.29 is 0 Å². The molecule has 1 aliphatic carbocycles. The number of rotatable bonds is 4. The van der Waals surface area contributed by atoms with Crippen molar-refractivity contribution in [2.45, 2.75) is 32.2 Å². The Morgan fingerprint density at radius 2 is 1.73 bits per heavy atom. The van der Waals surface area contributed by atoms with E-state index < -0.39 is 0 Å². The summed E-state index contributed by atoms with van der Waals surface area (Å²) in [5.74, 6) is 0.621. The summed E-state index contributed by atoms with van der Waals surface area (Å²) in [6.07, 6.45) is 1.16. The normalized spacial score (nSPS) is 23.9. The van der Waals surface area contributed by atoms with Gasteiger partial charge in [-0.05, 0) is 38.0 Å². The molecule has 2 heteroatoms. The Balaban J connectivity index is 2.09. The highest BCUT2D eigenvalue weighted by Gasteiger charge is 2.34. The molecular formula is C13H20N2. The average Bonchev–Trinajstić information content (AvgIpc) is 2.98. The van der Waals surface area contributed by atoms with Gasteiger partial charge in [0.15, 0.2) is 0 Å². The molecule has 2 N–H and O–H groups in total. The molecular weight excluding hydrogens is 184 g/mol. The molecule has 2 rings (SSSR count). The van der Waals surface area contributed by atoms with Crippen molar-refractivity contribution in [3.63, 3.8) is 0 Å². The third-order valence-corrected chi connectivity index (χ3v) is 3.29. The minimum atomic E-state index is 0.407. The van der Waals surface area contributed by atoms with Crippen molar-refractivity contribution in [1.82, 2.24) is 0 Å². The number of nitrogens with two attached hydrogens (primary N) is 1. The van der Waals surface area contributed by atoms with E-state index in [0.717, 1.165) is 19.5 Å². The van der Waals surface area contributed by atoms with Crippen molar-refractivity contribution in [3.05, 3.63) is 29.8 Å². The van der Waals surface area contributed by atoms with Crippen molar-refractivity contribution in [2.75, 3.05) is 18.0 Å². The van der Waals surface area contributed by atoms with E-state index in [2.05, 4.69) is 43.0 Å². The van der Waals surface area contributed by atoms with E-state index in [1.165, 1.54) is 11.3 Å². The Morgan fingerprint density at radius 3 is 2.13 bits per heavy atom. The van der Waals surface area contributed by atoms with E-state index in [1.54, 1.807) is 0 Å². The first-order valence-electron chi connectivity index (χ1n) is 5.86. The molecule has 2 nitrogen and oxygen atoms in total. The Labute approximate surface area is 92.1 Å². The van der Waals surface area contributed by atoms with Crippen LogP contribution in [0.1, 0.15) is 31.7 Å². The zero-order valence-electron chi connectivity index (χ0n) is 9.61. The molecule has 82 valence electrons. The van der Waals surface area contributed by atoms with E-state index in [9.17, 15) is 0 Å². The van der Waals surface area contributed by atoms with Crippen LogP contribution in [0.4, 0.5) is 5.69 Å². The minimum Gasteiger partial charge on any atom is -0.372 e. The van der Waals surface area contributed by atoms with Gasteiger partial charge >= 0.3 is 0 Å². The van der Waals surface area contributed by atoms with Crippen LogP contribution < -0.4 is 10.6 Å². The minimum absolute atomic E-state index is 0.407. The maximum absolute atomic E-state index is 5.84. The molecule has 0 aliphatic heterocycles. The maximum atomic E-state index is 5.84. The maximum Gasteiger partial charge on any atom is 0.0366 e. The molecule has 1 aromatic carbocycles. The topological polar surface area (TPSA) is 29.3 Å². The fourth-order valence-corrected chi connectivity index (χ4v) is 2.12. The molecule has 1 aromatic rings. The highest BCUT2D eigenvalue weighted by atomic mass is 15.1. The Morgan fingerprint density at radius 1 is 1.20 bits per heavy atom. The summed E-state index contributed by atoms with van der Waals surface area (Å²) in [6, 6.07) is 9.29. The summed E-state index contributed by atoms with van der Waals surface area (Å²) in [5.41, 5.74) is 8.56. The standard InChI is InChI=1S/C13H20N2/c1-3-15(4-2)11-7-5-10(6-8-11)12-9-13(12)14/h5-8,12-13H,3-4,9,14H2,1-2H3/t12-,13-/m0/s1. The zero-order chi connectivity index (χ0) is 10.8. The van der Waals surface area contributed by atoms with Gasteiger partial charge in [-0.2, -0.15) is 0 Å². The van der Waals surface area contributed by atoms with Crippen molar-refractivity contribution in [2.24, 2.45) is 5.73 Å². The van der Waals surface area contributed by atoms with Crippen LogP contribution in [0.25, 0.3) is 0 Å². The number of hydrogen-bond acceptors (Lipinski definition) is 2. The highest BCUT2D eigenvalue weighted by molar-refractivity contribution is 5.48. The lowest BCUT2D eigenvalue weighted by Crippen LogP contribution is -2.21. The fourth-order valence-electron chi connectivity index (χ4n) is 2.12. The predicted octanol–water partition coefficient (Wildman–Crippen LogP) is 2.35. The van der Waals surface area contributed by atoms with E-state index in [4.69, 9.17) is 5.73 Å². The van der Waals surface area contributed by atoms with Gasteiger partial charge < -0.3 is 10.6 Å². The highest BCUT2D eigenvalue weighted by Crippen LogP contribution is 2.39. The molecule has 0 spiro atoms. The van der Waals surface area contributed by atoms with Crippen LogP contribution in [0.15, 0.2) is 24.3 Å². The lowest BCUT2D eigenvalue weighted by atomic mass is 10.1. The van der Waals surface area contributed by atoms with Gasteiger partial charge in [0, 0.05) is 30.7 Å². The Hall–Kier alpha value is -1.02. The fraction of sp³-hybridized carbons (Fsp3) is 0.538. The lowest BCUT2D eigenvalue weighted by molar-refractivity contribution is 0.865. The molecule has 1 aliphatic rings. The molecule has 0 amide bonds. The first kappa shape index (κ1) is 10.5. The molecule has 0 heterocycles. The third-order valence-electron chi connectivity index (χ3n) is 3.29. The summed E-state index contributed by atoms with van der Waals surface area (Å²) in [5, 5.41) is 0. The van der Waals surface area contributed by atoms with E-state index in [-0.39, 0.29) is 0 Å². The smallest absolute Gasteiger partial charge is 0.0366 e. The van der Waals surface area contributed by atoms with E-state index >= 15 is 0 Å². The van der Waals surface area contributed by atoms with Gasteiger partial charge in [-0.15, -0.1) is 0 Å². The molecule has 0 unspecified atom stereocenters. The van der Waals surface area contributed by atoms with Crippen LogP contribution in [-0.4, -0.2) is 19.1 Å². The Kier molecular flexibility index (Phi) is 2.96. The van der Waals surface area contributed by atoms with Crippen LogP contribution in [0, 0.1) is 0 Å². The van der Waals surface area contributed by atoms with Gasteiger partial charge in [0.2, 0.25) is 0 Å². The first-order chi connectivity index (χ1) is 7.26. The van der Waals surface area contributed by atoms with Gasteiger partial charge in [0.1, 0.15) is 0 Å². The number of benzene rings is 1. The lowest BCUT2D eigenvalue weighted by Gasteiger charge is -2.21. The molecule has 0 bridgehead atoms. The van der Waals surface area contributed by atoms with E-state index in [1.807, 2.05) is 0 Å². The molecule has 0 saturated heterocycles. The van der Waals surface area contributed by atoms with Crippen LogP contribution in [0.5, 0.6) is 0 Å². The SMILES string of the molecule is CCN(CC)c1ccc([C@@H]2C[C@@H]2N)cc1. The van der Waals surface area contributed by atoms with Gasteiger partial charge in [-0.3, -0.25) is 0 Å². The first-order valence-corrected chi connectivity index (χ1v) is 5.86. The van der Waals surface area contributed by atoms with Crippen molar-refractivity contribution in [3.8, 4) is 0 Å². The summed E-state index contributed by atoms with van der Waals surface area (Å²) >= 11 is 0. The third kappa shape index (κ3) is 2.15. The quantitative estimate of drug-likeness (QED) is 0.815. The zero-order valence-corrected chi connectivity index (χ0v) is 9.61. The van der Waals surface area contributed by atoms with Crippen LogP contribution in [0.3, 0.4) is 0 Å². The summed E-state index contributed by atoms with van der Waals surface area (Å²) in [6.45, 7) is 6.51. The molecule has 15 heavy (non-hydrogen) atoms. The summed E-state index contributed by atoms with van der Waals surface area (Å²) in [4.78, 5) is 2.36. The van der Waals surface area contributed by atoms with Crippen LogP contribution >= 0.6 is 0 Å². The number of anilines is 1. The monoisotopic (exact) mass is 204 g/mol. The molecule has 0 aromatic heterocycles. The molecule has 1 saturated carbocycles. The predicted molar refractivity (Wildman–Crippen MR) is 65.3 cm³/mol. The van der Waals surface area contributed by atoms with Gasteiger partial charge in [0.05, 0.1) is 0 Å². The van der Waals surface area contributed by atoms with Gasteiger partial charge in [0.25, 0.3) is 0 Å².